The van der Waals surface area contributed by atoms with Gasteiger partial charge in [-0.1, -0.05) is 159 Å². The second-order valence-corrected chi connectivity index (χ2v) is 11.3. The molecule has 0 heteroatoms. The normalized spacial score (nSPS) is 15.0. The molecular formula is C41H30. The molecule has 0 bridgehead atoms. The van der Waals surface area contributed by atoms with Crippen LogP contribution in [0.4, 0.5) is 0 Å². The molecule has 0 nitrogen and oxygen atoms in total. The highest BCUT2D eigenvalue weighted by Gasteiger charge is 2.37. The topological polar surface area (TPSA) is 0 Å². The number of hydrogen-bond donors (Lipinski definition) is 0. The maximum atomic E-state index is 8.80. The Balaban J connectivity index is 1.35. The second kappa shape index (κ2) is 9.04. The zero-order valence-electron chi connectivity index (χ0n) is 28.0. The monoisotopic (exact) mass is 527 g/mol. The summed E-state index contributed by atoms with van der Waals surface area (Å²) in [6.45, 7) is 4.62. The summed E-state index contributed by atoms with van der Waals surface area (Å²) in [6.07, 6.45) is 0. The summed E-state index contributed by atoms with van der Waals surface area (Å²) in [6, 6.07) is 38.6. The highest BCUT2D eigenvalue weighted by Crippen LogP contribution is 2.52. The maximum Gasteiger partial charge on any atom is 0.0629 e. The van der Waals surface area contributed by atoms with Crippen LogP contribution in [0.1, 0.15) is 31.8 Å². The van der Waals surface area contributed by atoms with Gasteiger partial charge in [0, 0.05) is 5.41 Å². The molecule has 7 aromatic rings. The molecule has 0 N–H and O–H groups in total. The fourth-order valence-electron chi connectivity index (χ4n) is 6.99. The molecule has 194 valence electrons. The highest BCUT2D eigenvalue weighted by atomic mass is 14.4. The van der Waals surface area contributed by atoms with E-state index in [9.17, 15) is 0 Å². The van der Waals surface area contributed by atoms with Crippen LogP contribution in [-0.4, -0.2) is 0 Å². The van der Waals surface area contributed by atoms with Gasteiger partial charge in [-0.25, -0.2) is 0 Å². The van der Waals surface area contributed by atoms with Gasteiger partial charge in [0.1, 0.15) is 0 Å². The first kappa shape index (κ1) is 19.2. The van der Waals surface area contributed by atoms with E-state index in [0.717, 1.165) is 38.2 Å². The van der Waals surface area contributed by atoms with Crippen LogP contribution in [0.5, 0.6) is 0 Å². The number of hydrogen-bond acceptors (Lipinski definition) is 0. The van der Waals surface area contributed by atoms with Crippen LogP contribution in [0.15, 0.2) is 145 Å². The first-order valence-electron chi connectivity index (χ1n) is 16.5. The van der Waals surface area contributed by atoms with Gasteiger partial charge < -0.3 is 0 Å². The van der Waals surface area contributed by atoms with E-state index in [-0.39, 0.29) is 41.2 Å². The summed E-state index contributed by atoms with van der Waals surface area (Å²) in [5, 5.41) is 3.62. The van der Waals surface area contributed by atoms with Crippen molar-refractivity contribution in [3.63, 3.8) is 0 Å². The van der Waals surface area contributed by atoms with E-state index in [0.29, 0.717) is 5.56 Å². The minimum absolute atomic E-state index is 0.118. The summed E-state index contributed by atoms with van der Waals surface area (Å²) in [5.74, 6) is 0. The van der Waals surface area contributed by atoms with Crippen molar-refractivity contribution in [2.24, 2.45) is 0 Å². The van der Waals surface area contributed by atoms with Crippen LogP contribution in [0.25, 0.3) is 66.1 Å². The average Bonchev–Trinajstić information content (AvgIpc) is 3.33. The molecule has 41 heavy (non-hydrogen) atoms. The van der Waals surface area contributed by atoms with Crippen molar-refractivity contribution in [3.05, 3.63) is 157 Å². The van der Waals surface area contributed by atoms with Crippen LogP contribution in [0, 0.1) is 0 Å². The third-order valence-electron chi connectivity index (χ3n) is 8.75. The fourth-order valence-corrected chi connectivity index (χ4v) is 6.99. The quantitative estimate of drug-likeness (QED) is 0.200. The van der Waals surface area contributed by atoms with Crippen molar-refractivity contribution in [3.8, 4) is 44.5 Å². The Labute approximate surface area is 248 Å². The highest BCUT2D eigenvalue weighted by molar-refractivity contribution is 6.21. The van der Waals surface area contributed by atoms with E-state index in [1.165, 1.54) is 27.8 Å². The Kier molecular flexibility index (Phi) is 4.23. The van der Waals surface area contributed by atoms with Gasteiger partial charge in [-0.15, -0.1) is 0 Å². The van der Waals surface area contributed by atoms with E-state index in [1.54, 1.807) is 0 Å². The van der Waals surface area contributed by atoms with Crippen molar-refractivity contribution in [2.75, 3.05) is 0 Å². The number of rotatable bonds is 3. The smallest absolute Gasteiger partial charge is 0.0622 e. The summed E-state index contributed by atoms with van der Waals surface area (Å²) in [4.78, 5) is 0. The van der Waals surface area contributed by atoms with Crippen LogP contribution in [0.2, 0.25) is 0 Å². The second-order valence-electron chi connectivity index (χ2n) is 11.3. The molecule has 0 aromatic heterocycles. The molecule has 0 amide bonds. The van der Waals surface area contributed by atoms with E-state index in [2.05, 4.69) is 92.7 Å². The third kappa shape index (κ3) is 3.54. The van der Waals surface area contributed by atoms with Gasteiger partial charge in [-0.05, 0) is 77.2 Å². The molecule has 0 fully saturated rings. The molecule has 1 aliphatic rings. The Bertz CT molecular complexity index is 2300. The zero-order chi connectivity index (χ0) is 31.9. The largest absolute Gasteiger partial charge is 0.0629 e. The van der Waals surface area contributed by atoms with Gasteiger partial charge in [0.25, 0.3) is 0 Å². The molecule has 0 heterocycles. The Morgan fingerprint density at radius 1 is 0.439 bits per heavy atom. The van der Waals surface area contributed by atoms with Crippen LogP contribution >= 0.6 is 0 Å². The minimum Gasteiger partial charge on any atom is -0.0622 e. The molecule has 8 rings (SSSR count). The summed E-state index contributed by atoms with van der Waals surface area (Å²) < 4.78 is 42.5. The maximum absolute atomic E-state index is 8.80. The lowest BCUT2D eigenvalue weighted by Gasteiger charge is -2.24. The SMILES string of the molecule is [2H]c1c([2H])c([2H])c(-c2c3ccccc3c(-c3ccc(-c4cccc5c4C(C)(C)c4ccccc4-5)cc3)c3ccccc23)c([2H])c1[2H]. The first-order chi connectivity index (χ1) is 22.2. The van der Waals surface area contributed by atoms with Crippen molar-refractivity contribution < 1.29 is 6.85 Å². The molecule has 0 radical (unpaired) electrons. The lowest BCUT2D eigenvalue weighted by atomic mass is 9.78. The van der Waals surface area contributed by atoms with Crippen molar-refractivity contribution in [2.45, 2.75) is 19.3 Å². The number of fused-ring (bicyclic) bond motifs is 5. The van der Waals surface area contributed by atoms with Gasteiger partial charge >= 0.3 is 0 Å². The Morgan fingerprint density at radius 3 is 1.56 bits per heavy atom. The van der Waals surface area contributed by atoms with Crippen LogP contribution in [0.3, 0.4) is 0 Å². The lowest BCUT2D eigenvalue weighted by Crippen LogP contribution is -2.16. The van der Waals surface area contributed by atoms with Gasteiger partial charge in [0.2, 0.25) is 0 Å². The van der Waals surface area contributed by atoms with Crippen LogP contribution < -0.4 is 0 Å². The molecule has 0 atom stereocenters. The fraction of sp³-hybridized carbons (Fsp3) is 0.0732. The molecular weight excluding hydrogens is 492 g/mol. The van der Waals surface area contributed by atoms with Gasteiger partial charge in [-0.2, -0.15) is 0 Å². The van der Waals surface area contributed by atoms with E-state index >= 15 is 0 Å². The minimum atomic E-state index is -0.389. The summed E-state index contributed by atoms with van der Waals surface area (Å²) >= 11 is 0. The van der Waals surface area contributed by atoms with Gasteiger partial charge in [0.05, 0.1) is 6.85 Å². The molecule has 0 spiro atoms. The molecule has 1 aliphatic carbocycles. The summed E-state index contributed by atoms with van der Waals surface area (Å²) in [5.41, 5.74) is 10.6. The van der Waals surface area contributed by atoms with Gasteiger partial charge in [0.15, 0.2) is 0 Å². The third-order valence-corrected chi connectivity index (χ3v) is 8.75. The van der Waals surface area contributed by atoms with Crippen LogP contribution in [-0.2, 0) is 5.41 Å². The van der Waals surface area contributed by atoms with E-state index in [1.807, 2.05) is 36.4 Å². The zero-order valence-corrected chi connectivity index (χ0v) is 23.0. The molecule has 0 unspecified atom stereocenters. The first-order valence-corrected chi connectivity index (χ1v) is 14.0. The predicted molar refractivity (Wildman–Crippen MR) is 175 cm³/mol. The van der Waals surface area contributed by atoms with Crippen molar-refractivity contribution in [1.82, 2.24) is 0 Å². The summed E-state index contributed by atoms with van der Waals surface area (Å²) in [7, 11) is 0. The standard InChI is InChI=1S/C41H30/c1-41(2)37-22-11-10-15-31(37)36-21-12-20-30(40(36)41)27-23-25-29(26-24-27)39-34-18-8-6-16-32(34)38(28-13-4-3-5-14-28)33-17-7-9-19-35(33)39/h3-26H,1-2H3/i3D,4D,5D,13D,14D. The van der Waals surface area contributed by atoms with E-state index in [4.69, 9.17) is 6.85 Å². The Morgan fingerprint density at radius 2 is 0.927 bits per heavy atom. The molecule has 7 aromatic carbocycles. The van der Waals surface area contributed by atoms with Crippen molar-refractivity contribution >= 4 is 21.5 Å². The predicted octanol–water partition coefficient (Wildman–Crippen LogP) is 11.3. The molecule has 0 saturated heterocycles. The van der Waals surface area contributed by atoms with Crippen molar-refractivity contribution in [1.29, 1.82) is 0 Å². The lowest BCUT2D eigenvalue weighted by molar-refractivity contribution is 0.662. The number of benzene rings is 7. The molecule has 0 aliphatic heterocycles. The average molecular weight is 528 g/mol. The Hall–Kier alpha value is -4.94. The molecule has 0 saturated carbocycles. The van der Waals surface area contributed by atoms with E-state index < -0.39 is 0 Å². The van der Waals surface area contributed by atoms with Gasteiger partial charge in [-0.3, -0.25) is 0 Å².